The Bertz CT molecular complexity index is 643. The van der Waals surface area contributed by atoms with Gasteiger partial charge in [-0.15, -0.1) is 0 Å². The molecule has 0 aliphatic rings. The fourth-order valence-corrected chi connectivity index (χ4v) is 1.76. The van der Waals surface area contributed by atoms with Crippen molar-refractivity contribution in [1.29, 1.82) is 0 Å². The minimum atomic E-state index is -0.495. The molecule has 0 fully saturated rings. The highest BCUT2D eigenvalue weighted by atomic mass is 16.5. The first-order valence-electron chi connectivity index (χ1n) is 6.10. The Labute approximate surface area is 121 Å². The van der Waals surface area contributed by atoms with Crippen LogP contribution in [0.2, 0.25) is 0 Å². The normalized spacial score (nSPS) is 10.0. The summed E-state index contributed by atoms with van der Waals surface area (Å²) in [5.41, 5.74) is 0.786. The molecule has 110 valence electrons. The second-order valence-electron chi connectivity index (χ2n) is 4.07. The number of methoxy groups -OCH3 is 2. The smallest absolute Gasteiger partial charge is 0.341 e. The first kappa shape index (κ1) is 14.6. The van der Waals surface area contributed by atoms with Gasteiger partial charge in [0, 0.05) is 5.56 Å². The van der Waals surface area contributed by atoms with Crippen LogP contribution in [0.15, 0.2) is 34.9 Å². The fraction of sp³-hybridized carbons (Fsp3) is 0.200. The molecular weight excluding hydrogens is 276 g/mol. The van der Waals surface area contributed by atoms with E-state index in [4.69, 9.17) is 13.9 Å². The molecule has 21 heavy (non-hydrogen) atoms. The summed E-state index contributed by atoms with van der Waals surface area (Å²) in [5, 5.41) is 0. The highest BCUT2D eigenvalue weighted by molar-refractivity contribution is 5.90. The van der Waals surface area contributed by atoms with Crippen LogP contribution in [0.5, 0.6) is 11.5 Å². The van der Waals surface area contributed by atoms with E-state index < -0.39 is 5.97 Å². The predicted octanol–water partition coefficient (Wildman–Crippen LogP) is 2.47. The standard InChI is InChI=1S/C15H14O6/c1-18-13-7-10(8-16)3-4-12(13)21-9-14-11(5-6-20-14)15(17)19-2/h3-8H,9H2,1-2H3. The first-order valence-corrected chi connectivity index (χ1v) is 6.10. The number of ether oxygens (including phenoxy) is 3. The van der Waals surface area contributed by atoms with Gasteiger partial charge in [-0.05, 0) is 24.3 Å². The van der Waals surface area contributed by atoms with Crippen LogP contribution in [0.4, 0.5) is 0 Å². The highest BCUT2D eigenvalue weighted by Gasteiger charge is 2.16. The molecule has 1 aromatic heterocycles. The molecule has 0 aliphatic carbocycles. The van der Waals surface area contributed by atoms with E-state index in [1.807, 2.05) is 0 Å². The van der Waals surface area contributed by atoms with Gasteiger partial charge in [0.15, 0.2) is 17.3 Å². The minimum Gasteiger partial charge on any atom is -0.493 e. The van der Waals surface area contributed by atoms with Gasteiger partial charge in [-0.25, -0.2) is 4.79 Å². The summed E-state index contributed by atoms with van der Waals surface area (Å²) in [6.45, 7) is 0.0359. The molecule has 0 amide bonds. The molecule has 1 aromatic carbocycles. The van der Waals surface area contributed by atoms with E-state index in [9.17, 15) is 9.59 Å². The molecule has 0 bridgehead atoms. The van der Waals surface area contributed by atoms with Crippen LogP contribution in [-0.4, -0.2) is 26.5 Å². The van der Waals surface area contributed by atoms with Crippen LogP contribution in [0.1, 0.15) is 26.5 Å². The second-order valence-corrected chi connectivity index (χ2v) is 4.07. The van der Waals surface area contributed by atoms with E-state index >= 15 is 0 Å². The average Bonchev–Trinajstić information content (AvgIpc) is 3.00. The van der Waals surface area contributed by atoms with Crippen molar-refractivity contribution >= 4 is 12.3 Å². The quantitative estimate of drug-likeness (QED) is 0.601. The van der Waals surface area contributed by atoms with Gasteiger partial charge in [-0.2, -0.15) is 0 Å². The van der Waals surface area contributed by atoms with Gasteiger partial charge < -0.3 is 18.6 Å². The van der Waals surface area contributed by atoms with Gasteiger partial charge in [0.25, 0.3) is 0 Å². The van der Waals surface area contributed by atoms with Gasteiger partial charge in [0.2, 0.25) is 0 Å². The van der Waals surface area contributed by atoms with Crippen LogP contribution in [0, 0.1) is 0 Å². The number of furan rings is 1. The molecule has 0 atom stereocenters. The van der Waals surface area contributed by atoms with Gasteiger partial charge in [-0.1, -0.05) is 0 Å². The second kappa shape index (κ2) is 6.60. The van der Waals surface area contributed by atoms with Crippen LogP contribution < -0.4 is 9.47 Å². The van der Waals surface area contributed by atoms with Gasteiger partial charge >= 0.3 is 5.97 Å². The van der Waals surface area contributed by atoms with Crippen molar-refractivity contribution in [1.82, 2.24) is 0 Å². The monoisotopic (exact) mass is 290 g/mol. The summed E-state index contributed by atoms with van der Waals surface area (Å²) in [6.07, 6.45) is 2.10. The fourth-order valence-electron chi connectivity index (χ4n) is 1.76. The molecule has 0 unspecified atom stereocenters. The van der Waals surface area contributed by atoms with Crippen molar-refractivity contribution in [2.45, 2.75) is 6.61 Å². The van der Waals surface area contributed by atoms with Gasteiger partial charge in [0.1, 0.15) is 18.5 Å². The Kier molecular flexibility index (Phi) is 4.61. The van der Waals surface area contributed by atoms with Crippen LogP contribution in [0.25, 0.3) is 0 Å². The highest BCUT2D eigenvalue weighted by Crippen LogP contribution is 2.28. The molecule has 0 saturated carbocycles. The number of hydrogen-bond donors (Lipinski definition) is 0. The largest absolute Gasteiger partial charge is 0.493 e. The lowest BCUT2D eigenvalue weighted by Gasteiger charge is -2.10. The van der Waals surface area contributed by atoms with E-state index in [-0.39, 0.29) is 6.61 Å². The maximum atomic E-state index is 11.5. The van der Waals surface area contributed by atoms with E-state index in [0.717, 1.165) is 0 Å². The molecule has 6 heteroatoms. The molecule has 0 saturated heterocycles. The summed E-state index contributed by atoms with van der Waals surface area (Å²) in [6, 6.07) is 6.29. The molecule has 0 aliphatic heterocycles. The van der Waals surface area contributed by atoms with Crippen molar-refractivity contribution in [3.8, 4) is 11.5 Å². The third-order valence-electron chi connectivity index (χ3n) is 2.83. The minimum absolute atomic E-state index is 0.0359. The summed E-state index contributed by atoms with van der Waals surface area (Å²) >= 11 is 0. The maximum absolute atomic E-state index is 11.5. The van der Waals surface area contributed by atoms with Crippen molar-refractivity contribution in [3.63, 3.8) is 0 Å². The van der Waals surface area contributed by atoms with Gasteiger partial charge in [-0.3, -0.25) is 4.79 Å². The molecule has 0 N–H and O–H groups in total. The van der Waals surface area contributed by atoms with E-state index in [2.05, 4.69) is 4.74 Å². The SMILES string of the molecule is COC(=O)c1ccoc1COc1ccc(C=O)cc1OC. The number of esters is 1. The van der Waals surface area contributed by atoms with E-state index in [0.29, 0.717) is 34.7 Å². The zero-order chi connectivity index (χ0) is 15.2. The topological polar surface area (TPSA) is 75.0 Å². The Hall–Kier alpha value is -2.76. The molecule has 1 heterocycles. The summed E-state index contributed by atoms with van der Waals surface area (Å²) in [7, 11) is 2.77. The summed E-state index contributed by atoms with van der Waals surface area (Å²) in [5.74, 6) is 0.718. The first-order chi connectivity index (χ1) is 10.2. The van der Waals surface area contributed by atoms with E-state index in [1.54, 1.807) is 18.2 Å². The maximum Gasteiger partial charge on any atom is 0.341 e. The Morgan fingerprint density at radius 3 is 2.71 bits per heavy atom. The van der Waals surface area contributed by atoms with Crippen molar-refractivity contribution in [2.24, 2.45) is 0 Å². The molecule has 6 nitrogen and oxygen atoms in total. The molecule has 0 radical (unpaired) electrons. The molecular formula is C15H14O6. The van der Waals surface area contributed by atoms with Gasteiger partial charge in [0.05, 0.1) is 20.5 Å². The lowest BCUT2D eigenvalue weighted by Crippen LogP contribution is -2.05. The van der Waals surface area contributed by atoms with Crippen LogP contribution in [-0.2, 0) is 11.3 Å². The van der Waals surface area contributed by atoms with Crippen LogP contribution in [0.3, 0.4) is 0 Å². The lowest BCUT2D eigenvalue weighted by atomic mass is 10.2. The number of hydrogen-bond acceptors (Lipinski definition) is 6. The van der Waals surface area contributed by atoms with Crippen LogP contribution >= 0.6 is 0 Å². The zero-order valence-electron chi connectivity index (χ0n) is 11.6. The third kappa shape index (κ3) is 3.22. The number of benzene rings is 1. The number of carbonyl (C=O) groups is 2. The van der Waals surface area contributed by atoms with E-state index in [1.165, 1.54) is 26.5 Å². The van der Waals surface area contributed by atoms with Crippen molar-refractivity contribution in [3.05, 3.63) is 47.4 Å². The molecule has 0 spiro atoms. The Morgan fingerprint density at radius 1 is 1.24 bits per heavy atom. The predicted molar refractivity (Wildman–Crippen MR) is 72.8 cm³/mol. The van der Waals surface area contributed by atoms with Crippen molar-refractivity contribution < 1.29 is 28.2 Å². The Balaban J connectivity index is 2.15. The van der Waals surface area contributed by atoms with Crippen molar-refractivity contribution in [2.75, 3.05) is 14.2 Å². The number of rotatable bonds is 6. The third-order valence-corrected chi connectivity index (χ3v) is 2.83. The average molecular weight is 290 g/mol. The molecule has 2 rings (SSSR count). The summed E-state index contributed by atoms with van der Waals surface area (Å²) < 4.78 is 20.6. The zero-order valence-corrected chi connectivity index (χ0v) is 11.6. The Morgan fingerprint density at radius 2 is 2.05 bits per heavy atom. The number of carbonyl (C=O) groups excluding carboxylic acids is 2. The molecule has 2 aromatic rings. The summed E-state index contributed by atoms with van der Waals surface area (Å²) in [4.78, 5) is 22.2. The lowest BCUT2D eigenvalue weighted by molar-refractivity contribution is 0.0595. The number of aldehydes is 1.